The van der Waals surface area contributed by atoms with Crippen molar-refractivity contribution in [3.8, 4) is 0 Å². The van der Waals surface area contributed by atoms with Crippen molar-refractivity contribution < 1.29 is 9.53 Å². The first-order chi connectivity index (χ1) is 12.0. The summed E-state index contributed by atoms with van der Waals surface area (Å²) in [5, 5.41) is 0. The summed E-state index contributed by atoms with van der Waals surface area (Å²) < 4.78 is 5.60. The number of piperazine rings is 1. The largest absolute Gasteiger partial charge is 0.381 e. The topological polar surface area (TPSA) is 36.0 Å². The molecule has 146 valence electrons. The van der Waals surface area contributed by atoms with Crippen LogP contribution < -0.4 is 0 Å². The van der Waals surface area contributed by atoms with Gasteiger partial charge in [0.2, 0.25) is 5.91 Å². The maximum Gasteiger partial charge on any atom is 0.222 e. The number of rotatable bonds is 10. The van der Waals surface area contributed by atoms with Crippen LogP contribution in [0.4, 0.5) is 0 Å². The summed E-state index contributed by atoms with van der Waals surface area (Å²) in [6.45, 7) is 18.1. The van der Waals surface area contributed by atoms with Gasteiger partial charge in [-0.05, 0) is 38.5 Å². The Morgan fingerprint density at radius 1 is 1.04 bits per heavy atom. The summed E-state index contributed by atoms with van der Waals surface area (Å²) in [5.41, 5.74) is 0. The van der Waals surface area contributed by atoms with Gasteiger partial charge in [0, 0.05) is 71.5 Å². The Bertz CT molecular complexity index is 386. The molecule has 0 N–H and O–H groups in total. The lowest BCUT2D eigenvalue weighted by atomic mass is 9.97. The molecular formula is C20H39N3O2. The quantitative estimate of drug-likeness (QED) is 0.565. The fraction of sp³-hybridized carbons (Fsp3) is 0.950. The number of carbonyl (C=O) groups excluding carboxylic acids is 1. The van der Waals surface area contributed by atoms with Gasteiger partial charge in [0.25, 0.3) is 0 Å². The standard InChI is InChI=1S/C20H39N3O2/c1-17(2)7-13-25-12-5-6-20(24)22-10-8-21(9-11-22)14-19-15-23(16-19)18(3)4/h17-19H,5-16H2,1-4H3. The fourth-order valence-corrected chi connectivity index (χ4v) is 3.60. The van der Waals surface area contributed by atoms with Gasteiger partial charge in [-0.15, -0.1) is 0 Å². The predicted octanol–water partition coefficient (Wildman–Crippen LogP) is 2.31. The average Bonchev–Trinajstić information content (AvgIpc) is 2.53. The van der Waals surface area contributed by atoms with E-state index in [0.29, 0.717) is 30.9 Å². The third-order valence-corrected chi connectivity index (χ3v) is 5.48. The summed E-state index contributed by atoms with van der Waals surface area (Å²) >= 11 is 0. The molecule has 0 bridgehead atoms. The zero-order valence-corrected chi connectivity index (χ0v) is 16.9. The Labute approximate surface area is 154 Å². The van der Waals surface area contributed by atoms with Crippen LogP contribution in [0.15, 0.2) is 0 Å². The Morgan fingerprint density at radius 3 is 2.32 bits per heavy atom. The van der Waals surface area contributed by atoms with E-state index in [1.165, 1.54) is 19.6 Å². The minimum absolute atomic E-state index is 0.307. The van der Waals surface area contributed by atoms with E-state index in [0.717, 1.165) is 51.5 Å². The second-order valence-electron chi connectivity index (χ2n) is 8.49. The minimum Gasteiger partial charge on any atom is -0.381 e. The lowest BCUT2D eigenvalue weighted by Gasteiger charge is -2.45. The van der Waals surface area contributed by atoms with Crippen molar-refractivity contribution in [1.29, 1.82) is 0 Å². The van der Waals surface area contributed by atoms with Crippen LogP contribution in [0.25, 0.3) is 0 Å². The smallest absolute Gasteiger partial charge is 0.222 e. The highest BCUT2D eigenvalue weighted by molar-refractivity contribution is 5.76. The SMILES string of the molecule is CC(C)CCOCCCC(=O)N1CCN(CC2CN(C(C)C)C2)CC1. The third-order valence-electron chi connectivity index (χ3n) is 5.48. The highest BCUT2D eigenvalue weighted by atomic mass is 16.5. The van der Waals surface area contributed by atoms with Crippen LogP contribution >= 0.6 is 0 Å². The van der Waals surface area contributed by atoms with Crippen LogP contribution in [0, 0.1) is 11.8 Å². The molecule has 0 aromatic heterocycles. The first-order valence-corrected chi connectivity index (χ1v) is 10.3. The number of hydrogen-bond donors (Lipinski definition) is 0. The highest BCUT2D eigenvalue weighted by Crippen LogP contribution is 2.20. The van der Waals surface area contributed by atoms with E-state index in [-0.39, 0.29) is 0 Å². The van der Waals surface area contributed by atoms with Gasteiger partial charge in [0.05, 0.1) is 0 Å². The van der Waals surface area contributed by atoms with Crippen molar-refractivity contribution in [1.82, 2.24) is 14.7 Å². The van der Waals surface area contributed by atoms with E-state index >= 15 is 0 Å². The van der Waals surface area contributed by atoms with Gasteiger partial charge in [-0.1, -0.05) is 13.8 Å². The Balaban J connectivity index is 1.50. The number of carbonyl (C=O) groups is 1. The average molecular weight is 354 g/mol. The maximum atomic E-state index is 12.3. The van der Waals surface area contributed by atoms with Gasteiger partial charge in [-0.25, -0.2) is 0 Å². The van der Waals surface area contributed by atoms with Gasteiger partial charge in [0.1, 0.15) is 0 Å². The van der Waals surface area contributed by atoms with Crippen molar-refractivity contribution >= 4 is 5.91 Å². The monoisotopic (exact) mass is 353 g/mol. The van der Waals surface area contributed by atoms with Crippen molar-refractivity contribution in [2.45, 2.75) is 53.0 Å². The zero-order chi connectivity index (χ0) is 18.2. The van der Waals surface area contributed by atoms with Gasteiger partial charge >= 0.3 is 0 Å². The van der Waals surface area contributed by atoms with Gasteiger partial charge < -0.3 is 14.5 Å². The molecule has 0 spiro atoms. The molecule has 5 heteroatoms. The van der Waals surface area contributed by atoms with Crippen molar-refractivity contribution in [2.24, 2.45) is 11.8 Å². The van der Waals surface area contributed by atoms with E-state index in [4.69, 9.17) is 4.74 Å². The van der Waals surface area contributed by atoms with E-state index in [1.807, 2.05) is 4.90 Å². The predicted molar refractivity (Wildman–Crippen MR) is 103 cm³/mol. The number of amides is 1. The molecule has 0 unspecified atom stereocenters. The summed E-state index contributed by atoms with van der Waals surface area (Å²) in [7, 11) is 0. The summed E-state index contributed by atoms with van der Waals surface area (Å²) in [6.07, 6.45) is 2.59. The zero-order valence-electron chi connectivity index (χ0n) is 16.9. The van der Waals surface area contributed by atoms with E-state index in [1.54, 1.807) is 0 Å². The van der Waals surface area contributed by atoms with Gasteiger partial charge in [-0.3, -0.25) is 9.69 Å². The molecule has 2 rings (SSSR count). The molecule has 0 saturated carbocycles. The second kappa shape index (κ2) is 10.5. The second-order valence-corrected chi connectivity index (χ2v) is 8.49. The van der Waals surface area contributed by atoms with Crippen LogP contribution in [-0.2, 0) is 9.53 Å². The number of ether oxygens (including phenoxy) is 1. The summed E-state index contributed by atoms with van der Waals surface area (Å²) in [5.74, 6) is 1.82. The van der Waals surface area contributed by atoms with E-state index < -0.39 is 0 Å². The summed E-state index contributed by atoms with van der Waals surface area (Å²) in [6, 6.07) is 0.681. The van der Waals surface area contributed by atoms with Crippen LogP contribution in [0.2, 0.25) is 0 Å². The molecule has 2 heterocycles. The van der Waals surface area contributed by atoms with Crippen molar-refractivity contribution in [2.75, 3.05) is 59.0 Å². The van der Waals surface area contributed by atoms with Crippen molar-refractivity contribution in [3.63, 3.8) is 0 Å². The Morgan fingerprint density at radius 2 is 1.72 bits per heavy atom. The van der Waals surface area contributed by atoms with Gasteiger partial charge in [0.15, 0.2) is 0 Å². The normalized spacial score (nSPS) is 20.5. The molecule has 25 heavy (non-hydrogen) atoms. The fourth-order valence-electron chi connectivity index (χ4n) is 3.60. The maximum absolute atomic E-state index is 12.3. The molecule has 2 aliphatic rings. The molecule has 0 aromatic rings. The minimum atomic E-state index is 0.307. The van der Waals surface area contributed by atoms with Crippen LogP contribution in [0.3, 0.4) is 0 Å². The molecule has 5 nitrogen and oxygen atoms in total. The number of nitrogens with zero attached hydrogens (tertiary/aromatic N) is 3. The number of likely N-dealkylation sites (tertiary alicyclic amines) is 1. The Kier molecular flexibility index (Phi) is 8.67. The molecule has 0 radical (unpaired) electrons. The first-order valence-electron chi connectivity index (χ1n) is 10.3. The van der Waals surface area contributed by atoms with E-state index in [2.05, 4.69) is 37.5 Å². The number of hydrogen-bond acceptors (Lipinski definition) is 4. The third kappa shape index (κ3) is 7.24. The lowest BCUT2D eigenvalue weighted by molar-refractivity contribution is -0.133. The van der Waals surface area contributed by atoms with Crippen molar-refractivity contribution in [3.05, 3.63) is 0 Å². The van der Waals surface area contributed by atoms with Crippen LogP contribution in [0.1, 0.15) is 47.0 Å². The molecule has 0 aromatic carbocycles. The lowest BCUT2D eigenvalue weighted by Crippen LogP contribution is -2.56. The highest BCUT2D eigenvalue weighted by Gasteiger charge is 2.31. The van der Waals surface area contributed by atoms with E-state index in [9.17, 15) is 4.79 Å². The molecular weight excluding hydrogens is 314 g/mol. The molecule has 0 atom stereocenters. The van der Waals surface area contributed by atoms with Crippen LogP contribution in [-0.4, -0.2) is 85.7 Å². The first kappa shape index (κ1) is 20.7. The molecule has 1 amide bonds. The molecule has 2 aliphatic heterocycles. The summed E-state index contributed by atoms with van der Waals surface area (Å²) in [4.78, 5) is 19.4. The Hall–Kier alpha value is -0.650. The molecule has 2 fully saturated rings. The van der Waals surface area contributed by atoms with Crippen LogP contribution in [0.5, 0.6) is 0 Å². The van der Waals surface area contributed by atoms with Gasteiger partial charge in [-0.2, -0.15) is 0 Å². The molecule has 2 saturated heterocycles. The molecule has 0 aliphatic carbocycles.